The monoisotopic (exact) mass is 373 g/mol. The van der Waals surface area contributed by atoms with Crippen molar-refractivity contribution in [2.24, 2.45) is 0 Å². The van der Waals surface area contributed by atoms with E-state index in [9.17, 15) is 4.39 Å². The molecule has 0 atom stereocenters. The predicted molar refractivity (Wildman–Crippen MR) is 88.4 cm³/mol. The van der Waals surface area contributed by atoms with Crippen LogP contribution < -0.4 is 5.32 Å². The molecule has 2 aromatic rings. The van der Waals surface area contributed by atoms with Gasteiger partial charge in [-0.05, 0) is 47.0 Å². The van der Waals surface area contributed by atoms with Crippen LogP contribution in [0.25, 0.3) is 0 Å². The summed E-state index contributed by atoms with van der Waals surface area (Å²) in [5, 5.41) is 3.75. The topological polar surface area (TPSA) is 40.7 Å². The Bertz CT molecular complexity index is 628. The summed E-state index contributed by atoms with van der Waals surface area (Å²) in [6, 6.07) is 3.22. The number of nitrogens with one attached hydrogen (secondary N) is 2. The van der Waals surface area contributed by atoms with Crippen molar-refractivity contribution in [3.05, 3.63) is 44.7 Å². The molecule has 0 amide bonds. The molecular formula is C15H18BrClFN3. The molecule has 0 aliphatic carbocycles. The smallest absolute Gasteiger partial charge is 0.152 e. The van der Waals surface area contributed by atoms with Gasteiger partial charge in [-0.25, -0.2) is 9.37 Å². The summed E-state index contributed by atoms with van der Waals surface area (Å²) in [6.45, 7) is 4.53. The van der Waals surface area contributed by atoms with Gasteiger partial charge in [0.15, 0.2) is 5.15 Å². The van der Waals surface area contributed by atoms with E-state index in [2.05, 4.69) is 38.1 Å². The molecule has 0 spiro atoms. The molecule has 0 aliphatic rings. The fraction of sp³-hybridized carbons (Fsp3) is 0.400. The van der Waals surface area contributed by atoms with Crippen LogP contribution in [0, 0.1) is 12.7 Å². The van der Waals surface area contributed by atoms with Crippen molar-refractivity contribution in [3.8, 4) is 0 Å². The van der Waals surface area contributed by atoms with Crippen LogP contribution in [-0.4, -0.2) is 9.97 Å². The highest BCUT2D eigenvalue weighted by atomic mass is 79.9. The molecule has 1 heterocycles. The Labute approximate surface area is 137 Å². The average molecular weight is 375 g/mol. The number of aromatic amines is 1. The number of halogens is 3. The first-order valence-electron chi connectivity index (χ1n) is 6.94. The molecule has 2 N–H and O–H groups in total. The number of imidazole rings is 1. The maximum Gasteiger partial charge on any atom is 0.152 e. The molecule has 1 aromatic heterocycles. The zero-order valence-corrected chi connectivity index (χ0v) is 14.4. The van der Waals surface area contributed by atoms with E-state index < -0.39 is 0 Å². The number of hydrogen-bond acceptors (Lipinski definition) is 2. The lowest BCUT2D eigenvalue weighted by Gasteiger charge is -2.10. The Kier molecular flexibility index (Phi) is 5.65. The Morgan fingerprint density at radius 2 is 2.19 bits per heavy atom. The molecule has 114 valence electrons. The summed E-state index contributed by atoms with van der Waals surface area (Å²) in [7, 11) is 0. The molecule has 21 heavy (non-hydrogen) atoms. The van der Waals surface area contributed by atoms with Crippen LogP contribution in [0.1, 0.15) is 36.8 Å². The highest BCUT2D eigenvalue weighted by molar-refractivity contribution is 9.10. The molecule has 0 fully saturated rings. The summed E-state index contributed by atoms with van der Waals surface area (Å²) in [4.78, 5) is 7.56. The second-order valence-corrected chi connectivity index (χ2v) is 6.20. The van der Waals surface area contributed by atoms with Gasteiger partial charge in [0.2, 0.25) is 0 Å². The van der Waals surface area contributed by atoms with E-state index >= 15 is 0 Å². The van der Waals surface area contributed by atoms with Crippen LogP contribution in [0.15, 0.2) is 16.6 Å². The van der Waals surface area contributed by atoms with Crippen LogP contribution in [0.4, 0.5) is 10.1 Å². The first kappa shape index (κ1) is 16.3. The molecular weight excluding hydrogens is 357 g/mol. The maximum absolute atomic E-state index is 13.4. The van der Waals surface area contributed by atoms with Gasteiger partial charge >= 0.3 is 0 Å². The van der Waals surface area contributed by atoms with Gasteiger partial charge < -0.3 is 10.3 Å². The van der Waals surface area contributed by atoms with E-state index in [1.54, 1.807) is 6.07 Å². The molecule has 6 heteroatoms. The van der Waals surface area contributed by atoms with Crippen molar-refractivity contribution in [2.45, 2.75) is 39.7 Å². The SMILES string of the molecule is CCCCc1nc(Cl)c(CNc2cc(Br)c(F)cc2C)[nH]1. The van der Waals surface area contributed by atoms with Crippen molar-refractivity contribution in [1.29, 1.82) is 0 Å². The van der Waals surface area contributed by atoms with Crippen LogP contribution in [0.5, 0.6) is 0 Å². The lowest BCUT2D eigenvalue weighted by molar-refractivity contribution is 0.620. The minimum absolute atomic E-state index is 0.264. The number of nitrogens with zero attached hydrogens (tertiary/aromatic N) is 1. The number of H-pyrrole nitrogens is 1. The normalized spacial score (nSPS) is 10.9. The van der Waals surface area contributed by atoms with Gasteiger partial charge in [-0.15, -0.1) is 0 Å². The third-order valence-electron chi connectivity index (χ3n) is 3.27. The van der Waals surface area contributed by atoms with Crippen LogP contribution in [0.3, 0.4) is 0 Å². The number of hydrogen-bond donors (Lipinski definition) is 2. The largest absolute Gasteiger partial charge is 0.379 e. The van der Waals surface area contributed by atoms with Gasteiger partial charge in [0.05, 0.1) is 16.7 Å². The second-order valence-electron chi connectivity index (χ2n) is 4.99. The van der Waals surface area contributed by atoms with Gasteiger partial charge in [-0.3, -0.25) is 0 Å². The summed E-state index contributed by atoms with van der Waals surface area (Å²) < 4.78 is 13.8. The first-order chi connectivity index (χ1) is 10.0. The Balaban J connectivity index is 2.06. The minimum Gasteiger partial charge on any atom is -0.379 e. The Morgan fingerprint density at radius 1 is 1.43 bits per heavy atom. The van der Waals surface area contributed by atoms with Crippen LogP contribution in [0.2, 0.25) is 5.15 Å². The molecule has 1 aromatic carbocycles. The zero-order valence-electron chi connectivity index (χ0n) is 12.1. The van der Waals surface area contributed by atoms with Gasteiger partial charge in [-0.1, -0.05) is 24.9 Å². The quantitative estimate of drug-likeness (QED) is 0.727. The minimum atomic E-state index is -0.264. The number of unbranched alkanes of at least 4 members (excludes halogenated alkanes) is 1. The number of aromatic nitrogens is 2. The number of aryl methyl sites for hydroxylation is 2. The molecule has 0 unspecified atom stereocenters. The van der Waals surface area contributed by atoms with E-state index in [-0.39, 0.29) is 5.82 Å². The number of anilines is 1. The highest BCUT2D eigenvalue weighted by Gasteiger charge is 2.09. The fourth-order valence-corrected chi connectivity index (χ4v) is 2.60. The van der Waals surface area contributed by atoms with E-state index in [0.717, 1.165) is 42.0 Å². The van der Waals surface area contributed by atoms with Gasteiger partial charge in [0.25, 0.3) is 0 Å². The highest BCUT2D eigenvalue weighted by Crippen LogP contribution is 2.25. The molecule has 2 rings (SSSR count). The zero-order chi connectivity index (χ0) is 15.4. The molecule has 0 saturated carbocycles. The van der Waals surface area contributed by atoms with E-state index in [1.807, 2.05) is 6.92 Å². The molecule has 3 nitrogen and oxygen atoms in total. The standard InChI is InChI=1S/C15H18BrClFN3/c1-3-4-5-14-20-13(15(17)21-14)8-19-12-7-10(16)11(18)6-9(12)2/h6-7,19H,3-5,8H2,1-2H3,(H,20,21). The van der Waals surface area contributed by atoms with E-state index in [4.69, 9.17) is 11.6 Å². The summed E-state index contributed by atoms with van der Waals surface area (Å²) in [6.07, 6.45) is 3.10. The third-order valence-corrected chi connectivity index (χ3v) is 4.19. The third kappa shape index (κ3) is 4.20. The predicted octanol–water partition coefficient (Wildman–Crippen LogP) is 5.23. The van der Waals surface area contributed by atoms with Gasteiger partial charge in [-0.2, -0.15) is 0 Å². The van der Waals surface area contributed by atoms with Crippen molar-refractivity contribution in [1.82, 2.24) is 9.97 Å². The molecule has 0 saturated heterocycles. The van der Waals surface area contributed by atoms with Crippen molar-refractivity contribution >= 4 is 33.2 Å². The second kappa shape index (κ2) is 7.27. The lowest BCUT2D eigenvalue weighted by Crippen LogP contribution is -2.03. The van der Waals surface area contributed by atoms with Crippen molar-refractivity contribution < 1.29 is 4.39 Å². The summed E-state index contributed by atoms with van der Waals surface area (Å²) in [5.41, 5.74) is 2.56. The Morgan fingerprint density at radius 3 is 2.90 bits per heavy atom. The average Bonchev–Trinajstić information content (AvgIpc) is 2.79. The van der Waals surface area contributed by atoms with E-state index in [1.165, 1.54) is 6.07 Å². The van der Waals surface area contributed by atoms with E-state index in [0.29, 0.717) is 16.2 Å². The van der Waals surface area contributed by atoms with Crippen LogP contribution >= 0.6 is 27.5 Å². The summed E-state index contributed by atoms with van der Waals surface area (Å²) in [5.74, 6) is 0.648. The van der Waals surface area contributed by atoms with Gasteiger partial charge in [0, 0.05) is 12.1 Å². The van der Waals surface area contributed by atoms with Crippen molar-refractivity contribution in [3.63, 3.8) is 0 Å². The Hall–Kier alpha value is -1.07. The molecule has 0 radical (unpaired) electrons. The fourth-order valence-electron chi connectivity index (χ4n) is 2.04. The number of benzene rings is 1. The molecule has 0 bridgehead atoms. The lowest BCUT2D eigenvalue weighted by atomic mass is 10.2. The first-order valence-corrected chi connectivity index (χ1v) is 8.11. The van der Waals surface area contributed by atoms with Crippen molar-refractivity contribution in [2.75, 3.05) is 5.32 Å². The van der Waals surface area contributed by atoms with Gasteiger partial charge in [0.1, 0.15) is 11.6 Å². The number of rotatable bonds is 6. The maximum atomic E-state index is 13.4. The van der Waals surface area contributed by atoms with Crippen LogP contribution in [-0.2, 0) is 13.0 Å². The molecule has 0 aliphatic heterocycles. The summed E-state index contributed by atoms with van der Waals surface area (Å²) >= 11 is 9.33.